The molecule has 2 fully saturated rings. The first-order chi connectivity index (χ1) is 14.3. The Balaban J connectivity index is 1.44. The van der Waals surface area contributed by atoms with Crippen LogP contribution in [0.5, 0.6) is 11.5 Å². The van der Waals surface area contributed by atoms with Gasteiger partial charge in [0.2, 0.25) is 0 Å². The molecule has 0 aromatic heterocycles. The summed E-state index contributed by atoms with van der Waals surface area (Å²) in [4.78, 5) is 12.5. The molecule has 2 aliphatic carbocycles. The molecule has 3 rings (SSSR count). The molecule has 0 heterocycles. The normalized spacial score (nSPS) is 27.7. The van der Waals surface area contributed by atoms with Gasteiger partial charge >= 0.3 is 18.5 Å². The van der Waals surface area contributed by atoms with Crippen molar-refractivity contribution in [1.29, 1.82) is 0 Å². The molecule has 0 unspecified atom stereocenters. The number of hydrogen-bond acceptors (Lipinski definition) is 3. The van der Waals surface area contributed by atoms with Gasteiger partial charge in [-0.1, -0.05) is 26.2 Å². The minimum Gasteiger partial charge on any atom is -0.428 e. The molecule has 2 saturated carbocycles. The monoisotopic (exact) mass is 430 g/mol. The largest absolute Gasteiger partial charge is 0.461 e. The minimum atomic E-state index is -4.56. The Morgan fingerprint density at radius 1 is 0.933 bits per heavy atom. The molecule has 0 bridgehead atoms. The zero-order valence-corrected chi connectivity index (χ0v) is 17.3. The third kappa shape index (κ3) is 5.88. The quantitative estimate of drug-likeness (QED) is 0.270. The predicted octanol–water partition coefficient (Wildman–Crippen LogP) is 6.85. The van der Waals surface area contributed by atoms with Crippen molar-refractivity contribution in [3.63, 3.8) is 0 Å². The summed E-state index contributed by atoms with van der Waals surface area (Å²) in [6, 6.07) is 4.71. The summed E-state index contributed by atoms with van der Waals surface area (Å²) in [5.41, 5.74) is 0. The van der Waals surface area contributed by atoms with Crippen LogP contribution in [-0.4, -0.2) is 18.5 Å². The fraction of sp³-hybridized carbons (Fsp3) is 0.696. The van der Waals surface area contributed by atoms with Crippen molar-refractivity contribution in [1.82, 2.24) is 0 Å². The number of carbonyl (C=O) groups excluding carboxylic acids is 1. The first kappa shape index (κ1) is 22.9. The van der Waals surface area contributed by atoms with E-state index in [0.29, 0.717) is 5.92 Å². The van der Waals surface area contributed by atoms with Crippen LogP contribution in [-0.2, 0) is 4.79 Å². The highest BCUT2D eigenvalue weighted by atomic mass is 19.3. The molecular weight excluding hydrogens is 400 g/mol. The van der Waals surface area contributed by atoms with Crippen molar-refractivity contribution >= 4 is 5.97 Å². The standard InChI is InChI=1S/C23H30F4O3/c1-2-15-3-5-16(6-4-15)17-7-9-18(10-8-17)21(28)29-19-11-13-20(14-12-19)30-23(26,27)22(24)25/h11-18,22H,2-10H2,1H3/t15-,16-,17-,18-. The molecule has 0 aliphatic heterocycles. The lowest BCUT2D eigenvalue weighted by atomic mass is 9.69. The first-order valence-corrected chi connectivity index (χ1v) is 10.9. The van der Waals surface area contributed by atoms with Crippen molar-refractivity contribution in [3.05, 3.63) is 24.3 Å². The average molecular weight is 430 g/mol. The molecule has 3 nitrogen and oxygen atoms in total. The van der Waals surface area contributed by atoms with Crippen molar-refractivity contribution in [2.24, 2.45) is 23.7 Å². The Labute approximate surface area is 175 Å². The van der Waals surface area contributed by atoms with Crippen LogP contribution in [0.15, 0.2) is 24.3 Å². The molecule has 1 aromatic rings. The molecule has 0 radical (unpaired) electrons. The predicted molar refractivity (Wildman–Crippen MR) is 105 cm³/mol. The van der Waals surface area contributed by atoms with Crippen LogP contribution in [0.2, 0.25) is 0 Å². The van der Waals surface area contributed by atoms with Gasteiger partial charge in [-0.25, -0.2) is 0 Å². The molecule has 0 amide bonds. The SMILES string of the molecule is CC[C@H]1CC[C@H]([C@H]2CC[C@H](C(=O)Oc3ccc(OC(F)(F)C(F)F)cc3)CC2)CC1. The highest BCUT2D eigenvalue weighted by Crippen LogP contribution is 2.42. The van der Waals surface area contributed by atoms with E-state index in [9.17, 15) is 22.4 Å². The number of benzene rings is 1. The molecule has 7 heteroatoms. The zero-order chi connectivity index (χ0) is 21.7. The molecule has 0 spiro atoms. The lowest BCUT2D eigenvalue weighted by molar-refractivity contribution is -0.253. The smallest absolute Gasteiger partial charge is 0.428 e. The summed E-state index contributed by atoms with van der Waals surface area (Å²) >= 11 is 0. The van der Waals surface area contributed by atoms with Crippen molar-refractivity contribution < 1.29 is 31.8 Å². The number of esters is 1. The van der Waals surface area contributed by atoms with Gasteiger partial charge in [0.15, 0.2) is 0 Å². The average Bonchev–Trinajstić information content (AvgIpc) is 2.75. The van der Waals surface area contributed by atoms with E-state index >= 15 is 0 Å². The number of carbonyl (C=O) groups is 1. The van der Waals surface area contributed by atoms with Crippen LogP contribution in [0.4, 0.5) is 17.6 Å². The molecule has 0 N–H and O–H groups in total. The van der Waals surface area contributed by atoms with Gasteiger partial charge in [0.25, 0.3) is 0 Å². The molecule has 1 aromatic carbocycles. The van der Waals surface area contributed by atoms with Gasteiger partial charge in [0.05, 0.1) is 5.92 Å². The Hall–Kier alpha value is -1.79. The van der Waals surface area contributed by atoms with Gasteiger partial charge < -0.3 is 9.47 Å². The van der Waals surface area contributed by atoms with E-state index in [1.165, 1.54) is 44.2 Å². The van der Waals surface area contributed by atoms with Crippen LogP contribution in [0, 0.1) is 23.7 Å². The van der Waals surface area contributed by atoms with Crippen LogP contribution in [0.3, 0.4) is 0 Å². The number of ether oxygens (including phenoxy) is 2. The summed E-state index contributed by atoms with van der Waals surface area (Å²) in [5, 5.41) is 0. The van der Waals surface area contributed by atoms with E-state index in [-0.39, 0.29) is 17.6 Å². The second-order valence-electron chi connectivity index (χ2n) is 8.66. The fourth-order valence-electron chi connectivity index (χ4n) is 4.87. The maximum Gasteiger partial charge on any atom is 0.461 e. The summed E-state index contributed by atoms with van der Waals surface area (Å²) in [5.74, 6) is 1.64. The minimum absolute atomic E-state index is 0.160. The van der Waals surface area contributed by atoms with E-state index in [1.807, 2.05) is 0 Å². The van der Waals surface area contributed by atoms with Gasteiger partial charge in [0, 0.05) is 0 Å². The molecule has 30 heavy (non-hydrogen) atoms. The number of halogens is 4. The first-order valence-electron chi connectivity index (χ1n) is 10.9. The van der Waals surface area contributed by atoms with E-state index < -0.39 is 18.3 Å². The van der Waals surface area contributed by atoms with Crippen LogP contribution in [0.25, 0.3) is 0 Å². The van der Waals surface area contributed by atoms with Gasteiger partial charge in [0.1, 0.15) is 11.5 Å². The lowest BCUT2D eigenvalue weighted by Crippen LogP contribution is -2.33. The van der Waals surface area contributed by atoms with Crippen LogP contribution in [0.1, 0.15) is 64.7 Å². The van der Waals surface area contributed by atoms with Crippen LogP contribution < -0.4 is 9.47 Å². The maximum absolute atomic E-state index is 12.9. The number of rotatable bonds is 7. The van der Waals surface area contributed by atoms with E-state index in [0.717, 1.165) is 49.7 Å². The maximum atomic E-state index is 12.9. The Kier molecular flexibility index (Phi) is 7.64. The Morgan fingerprint density at radius 2 is 1.43 bits per heavy atom. The van der Waals surface area contributed by atoms with E-state index in [2.05, 4.69) is 11.7 Å². The van der Waals surface area contributed by atoms with Crippen LogP contribution >= 0.6 is 0 Å². The molecule has 0 atom stereocenters. The number of hydrogen-bond donors (Lipinski definition) is 0. The van der Waals surface area contributed by atoms with Crippen molar-refractivity contribution in [3.8, 4) is 11.5 Å². The molecular formula is C23H30F4O3. The summed E-state index contributed by atoms with van der Waals surface area (Å²) in [7, 11) is 0. The molecule has 0 saturated heterocycles. The third-order valence-electron chi connectivity index (χ3n) is 6.79. The van der Waals surface area contributed by atoms with Gasteiger partial charge in [-0.2, -0.15) is 17.6 Å². The molecule has 2 aliphatic rings. The number of alkyl halides is 4. The highest BCUT2D eigenvalue weighted by Gasteiger charge is 2.44. The topological polar surface area (TPSA) is 35.5 Å². The lowest BCUT2D eigenvalue weighted by Gasteiger charge is -2.37. The summed E-state index contributed by atoms with van der Waals surface area (Å²) < 4.78 is 59.6. The Morgan fingerprint density at radius 3 is 1.93 bits per heavy atom. The van der Waals surface area contributed by atoms with Crippen molar-refractivity contribution in [2.45, 2.75) is 77.2 Å². The molecule has 168 valence electrons. The van der Waals surface area contributed by atoms with Crippen molar-refractivity contribution in [2.75, 3.05) is 0 Å². The Bertz CT molecular complexity index is 676. The second kappa shape index (κ2) is 10.0. The van der Waals surface area contributed by atoms with E-state index in [4.69, 9.17) is 4.74 Å². The van der Waals surface area contributed by atoms with Gasteiger partial charge in [-0.05, 0) is 80.5 Å². The van der Waals surface area contributed by atoms with E-state index in [1.54, 1.807) is 0 Å². The zero-order valence-electron chi connectivity index (χ0n) is 17.3. The van der Waals surface area contributed by atoms with Gasteiger partial charge in [-0.15, -0.1) is 0 Å². The summed E-state index contributed by atoms with van der Waals surface area (Å²) in [6.45, 7) is 2.26. The highest BCUT2D eigenvalue weighted by molar-refractivity contribution is 5.75. The second-order valence-corrected chi connectivity index (χ2v) is 8.66. The fourth-order valence-corrected chi connectivity index (χ4v) is 4.87. The summed E-state index contributed by atoms with van der Waals surface area (Å²) in [6.07, 6.45) is 1.73. The third-order valence-corrected chi connectivity index (χ3v) is 6.79. The van der Waals surface area contributed by atoms with Gasteiger partial charge in [-0.3, -0.25) is 4.79 Å².